The molecule has 3 N–H and O–H groups in total. The lowest BCUT2D eigenvalue weighted by Crippen LogP contribution is -2.40. The lowest BCUT2D eigenvalue weighted by Gasteiger charge is -2.36. The molecule has 2 aromatic carbocycles. The highest BCUT2D eigenvalue weighted by atomic mass is 19.1. The fraction of sp³-hybridized carbons (Fsp3) is 0.513. The van der Waals surface area contributed by atoms with E-state index in [1.807, 2.05) is 6.92 Å². The van der Waals surface area contributed by atoms with E-state index in [0.717, 1.165) is 64.9 Å². The van der Waals surface area contributed by atoms with Gasteiger partial charge in [-0.2, -0.15) is 0 Å². The molecule has 2 aromatic rings. The first kappa shape index (κ1) is 34.7. The van der Waals surface area contributed by atoms with Crippen molar-refractivity contribution >= 4 is 34.2 Å². The molecule has 4 aliphatic heterocycles. The number of phenols is 1. The number of phenolic OH excluding ortho intramolecular Hbond substituents is 1. The number of nitrogens with two attached hydrogens (primary N) is 1. The minimum Gasteiger partial charge on any atom is -0.508 e. The van der Waals surface area contributed by atoms with Crippen LogP contribution in [0.3, 0.4) is 0 Å². The number of aryl methyl sites for hydroxylation is 1. The first-order valence-electron chi connectivity index (χ1n) is 17.8. The highest BCUT2D eigenvalue weighted by Gasteiger charge is 2.43. The summed E-state index contributed by atoms with van der Waals surface area (Å²) in [4.78, 5) is 28.8. The number of aliphatic imine (C=N–C) groups is 2. The number of methoxy groups -OCH3 is 1. The van der Waals surface area contributed by atoms with Crippen molar-refractivity contribution in [3.8, 4) is 5.75 Å². The van der Waals surface area contributed by atoms with Gasteiger partial charge in [0.25, 0.3) is 0 Å². The number of benzene rings is 2. The third kappa shape index (κ3) is 6.98. The highest BCUT2D eigenvalue weighted by molar-refractivity contribution is 6.08. The van der Waals surface area contributed by atoms with E-state index in [1.165, 1.54) is 51.9 Å². The standard InChI is InChI=1S/C39H51FN6O3/c1-5-30-32(40)10-9-28-21-29(48)22-36(37(28)30)45-20-12-31(27(3)44-17-8-16-42-35(24-44)38(49-4)33(41)25-47)34(23-45)43-26(2)11-15-39-13-6-18-46(39)19-7-14-39/h9-10,21-22,25,48H,2,5-8,11-20,23-24,41H2,1,3-4H3/b31-27+,38-33+,43-34?. The molecule has 3 fully saturated rings. The number of carbonyl (C=O) groups is 1. The minimum atomic E-state index is -0.233. The molecule has 3 saturated heterocycles. The van der Waals surface area contributed by atoms with Crippen LogP contribution in [0.25, 0.3) is 10.8 Å². The zero-order valence-electron chi connectivity index (χ0n) is 29.4. The molecule has 49 heavy (non-hydrogen) atoms. The summed E-state index contributed by atoms with van der Waals surface area (Å²) in [7, 11) is 1.51. The fourth-order valence-corrected chi connectivity index (χ4v) is 8.64. The summed E-state index contributed by atoms with van der Waals surface area (Å²) in [5.41, 5.74) is 12.5. The fourth-order valence-electron chi connectivity index (χ4n) is 8.64. The molecule has 262 valence electrons. The van der Waals surface area contributed by atoms with E-state index in [0.29, 0.717) is 62.3 Å². The lowest BCUT2D eigenvalue weighted by molar-refractivity contribution is -0.105. The van der Waals surface area contributed by atoms with E-state index in [4.69, 9.17) is 20.5 Å². The van der Waals surface area contributed by atoms with Crippen molar-refractivity contribution in [1.29, 1.82) is 0 Å². The van der Waals surface area contributed by atoms with Crippen LogP contribution in [0.4, 0.5) is 10.1 Å². The van der Waals surface area contributed by atoms with Gasteiger partial charge in [-0.1, -0.05) is 19.6 Å². The van der Waals surface area contributed by atoms with Crippen molar-refractivity contribution in [2.45, 2.75) is 77.2 Å². The molecule has 4 heterocycles. The molecule has 0 spiro atoms. The van der Waals surface area contributed by atoms with E-state index in [1.54, 1.807) is 18.2 Å². The quantitative estimate of drug-likeness (QED) is 0.175. The van der Waals surface area contributed by atoms with Crippen LogP contribution in [0.1, 0.15) is 70.8 Å². The third-order valence-electron chi connectivity index (χ3n) is 11.1. The summed E-state index contributed by atoms with van der Waals surface area (Å²) in [6.45, 7) is 14.0. The Morgan fingerprint density at radius 1 is 1.16 bits per heavy atom. The van der Waals surface area contributed by atoms with Crippen molar-refractivity contribution in [3.05, 3.63) is 70.6 Å². The number of hydrogen-bond donors (Lipinski definition) is 2. The van der Waals surface area contributed by atoms with Crippen LogP contribution in [0, 0.1) is 5.82 Å². The average molecular weight is 671 g/mol. The molecule has 0 amide bonds. The molecule has 0 saturated carbocycles. The predicted octanol–water partition coefficient (Wildman–Crippen LogP) is 6.26. The Kier molecular flexibility index (Phi) is 10.4. The van der Waals surface area contributed by atoms with Gasteiger partial charge in [0.15, 0.2) is 12.0 Å². The summed E-state index contributed by atoms with van der Waals surface area (Å²) in [5, 5.41) is 12.4. The molecule has 0 aromatic heterocycles. The van der Waals surface area contributed by atoms with Crippen LogP contribution in [0.15, 0.2) is 69.3 Å². The molecule has 0 bridgehead atoms. The lowest BCUT2D eigenvalue weighted by atomic mass is 9.88. The normalized spacial score (nSPS) is 22.1. The molecule has 0 radical (unpaired) electrons. The van der Waals surface area contributed by atoms with E-state index < -0.39 is 0 Å². The first-order chi connectivity index (χ1) is 23.7. The molecule has 10 heteroatoms. The molecule has 6 rings (SSSR count). The summed E-state index contributed by atoms with van der Waals surface area (Å²) in [6.07, 6.45) is 9.62. The molecule has 0 unspecified atom stereocenters. The van der Waals surface area contributed by atoms with E-state index >= 15 is 4.39 Å². The second-order valence-corrected chi connectivity index (χ2v) is 13.9. The van der Waals surface area contributed by atoms with Gasteiger partial charge in [-0.3, -0.25) is 19.7 Å². The van der Waals surface area contributed by atoms with Gasteiger partial charge < -0.3 is 25.4 Å². The smallest absolute Gasteiger partial charge is 0.169 e. The van der Waals surface area contributed by atoms with Gasteiger partial charge in [0, 0.05) is 53.7 Å². The maximum Gasteiger partial charge on any atom is 0.169 e. The van der Waals surface area contributed by atoms with Crippen LogP contribution >= 0.6 is 0 Å². The number of piperidine rings is 1. The molecular weight excluding hydrogens is 619 g/mol. The number of hydrogen-bond acceptors (Lipinski definition) is 9. The maximum atomic E-state index is 15.1. The topological polar surface area (TPSA) is 107 Å². The van der Waals surface area contributed by atoms with Gasteiger partial charge in [-0.05, 0) is 106 Å². The van der Waals surface area contributed by atoms with Gasteiger partial charge in [-0.15, -0.1) is 0 Å². The van der Waals surface area contributed by atoms with Crippen LogP contribution in [-0.2, 0) is 16.0 Å². The number of carbonyl (C=O) groups excluding carboxylic acids is 1. The van der Waals surface area contributed by atoms with Crippen molar-refractivity contribution in [2.24, 2.45) is 15.7 Å². The van der Waals surface area contributed by atoms with Crippen LogP contribution in [0.5, 0.6) is 5.75 Å². The Morgan fingerprint density at radius 3 is 2.65 bits per heavy atom. The molecule has 4 aliphatic rings. The molecule has 9 nitrogen and oxygen atoms in total. The van der Waals surface area contributed by atoms with Crippen molar-refractivity contribution in [3.63, 3.8) is 0 Å². The number of rotatable bonds is 10. The molecule has 0 atom stereocenters. The number of allylic oxidation sites excluding steroid dienone is 3. The van der Waals surface area contributed by atoms with Crippen molar-refractivity contribution < 1.29 is 19.0 Å². The number of aldehydes is 1. The highest BCUT2D eigenvalue weighted by Crippen LogP contribution is 2.43. The van der Waals surface area contributed by atoms with E-state index in [9.17, 15) is 9.90 Å². The number of halogens is 1. The van der Waals surface area contributed by atoms with Crippen LogP contribution in [0.2, 0.25) is 0 Å². The zero-order valence-corrected chi connectivity index (χ0v) is 29.4. The third-order valence-corrected chi connectivity index (χ3v) is 11.1. The Labute approximate surface area is 289 Å². The van der Waals surface area contributed by atoms with E-state index in [2.05, 4.69) is 28.2 Å². The summed E-state index contributed by atoms with van der Waals surface area (Å²) >= 11 is 0. The largest absolute Gasteiger partial charge is 0.508 e. The Balaban J connectivity index is 1.36. The molecule has 0 aliphatic carbocycles. The second kappa shape index (κ2) is 14.7. The summed E-state index contributed by atoms with van der Waals surface area (Å²) < 4.78 is 20.7. The van der Waals surface area contributed by atoms with Gasteiger partial charge in [0.1, 0.15) is 17.3 Å². The van der Waals surface area contributed by atoms with Crippen molar-refractivity contribution in [1.82, 2.24) is 9.80 Å². The minimum absolute atomic E-state index is 0.0315. The SMILES string of the molecule is C=C(CCC12CCCN1CCC2)N=C1CN(c2cc(O)cc3ccc(F)c(CC)c23)CC/C1=C(/C)N1CCCN=C(/C(OC)=C(\N)C=O)C1. The summed E-state index contributed by atoms with van der Waals surface area (Å²) in [5.74, 6) is 0.239. The number of fused-ring (bicyclic) bond motifs is 2. The Morgan fingerprint density at radius 2 is 1.94 bits per heavy atom. The Bertz CT molecular complexity index is 1730. The number of anilines is 1. The van der Waals surface area contributed by atoms with E-state index in [-0.39, 0.29) is 22.8 Å². The maximum absolute atomic E-state index is 15.1. The predicted molar refractivity (Wildman–Crippen MR) is 196 cm³/mol. The summed E-state index contributed by atoms with van der Waals surface area (Å²) in [6, 6.07) is 6.71. The van der Waals surface area contributed by atoms with Gasteiger partial charge >= 0.3 is 0 Å². The number of aromatic hydroxyl groups is 1. The van der Waals surface area contributed by atoms with Gasteiger partial charge in [0.05, 0.1) is 31.6 Å². The zero-order chi connectivity index (χ0) is 34.7. The van der Waals surface area contributed by atoms with Crippen LogP contribution in [-0.4, -0.2) is 91.1 Å². The monoisotopic (exact) mass is 670 g/mol. The second-order valence-electron chi connectivity index (χ2n) is 13.9. The van der Waals surface area contributed by atoms with Crippen LogP contribution < -0.4 is 10.6 Å². The molecular formula is C39H51FN6O3. The average Bonchev–Trinajstić information content (AvgIpc) is 3.59. The first-order valence-corrected chi connectivity index (χ1v) is 17.8. The number of nitrogens with zero attached hydrogens (tertiary/aromatic N) is 5. The van der Waals surface area contributed by atoms with Gasteiger partial charge in [0.2, 0.25) is 0 Å². The number of ether oxygens (including phenoxy) is 1. The van der Waals surface area contributed by atoms with Crippen molar-refractivity contribution in [2.75, 3.05) is 57.8 Å². The Hall–Kier alpha value is -4.18. The van der Waals surface area contributed by atoms with Gasteiger partial charge in [-0.25, -0.2) is 4.39 Å².